The predicted molar refractivity (Wildman–Crippen MR) is 48.5 cm³/mol. The van der Waals surface area contributed by atoms with Crippen molar-refractivity contribution in [3.05, 3.63) is 0 Å². The highest BCUT2D eigenvalue weighted by Gasteiger charge is 1.89. The standard InChI is InChI=1S/C8H15NOS/c9-5-2-1-3-7-11-8-4-6-10/h10H,1-4,6-8H2. The number of hydrogen-bond acceptors (Lipinski definition) is 3. The van der Waals surface area contributed by atoms with Crippen molar-refractivity contribution >= 4 is 11.8 Å². The van der Waals surface area contributed by atoms with E-state index in [0.29, 0.717) is 13.0 Å². The maximum Gasteiger partial charge on any atom is 0.0621 e. The van der Waals surface area contributed by atoms with Crippen molar-refractivity contribution in [3.63, 3.8) is 0 Å². The van der Waals surface area contributed by atoms with Gasteiger partial charge in [-0.2, -0.15) is 17.0 Å². The van der Waals surface area contributed by atoms with Crippen LogP contribution in [0.1, 0.15) is 25.7 Å². The Bertz CT molecular complexity index is 111. The van der Waals surface area contributed by atoms with Crippen molar-refractivity contribution < 1.29 is 5.11 Å². The molecule has 1 N–H and O–H groups in total. The van der Waals surface area contributed by atoms with Gasteiger partial charge < -0.3 is 5.11 Å². The van der Waals surface area contributed by atoms with Crippen molar-refractivity contribution in [1.82, 2.24) is 0 Å². The lowest BCUT2D eigenvalue weighted by molar-refractivity contribution is 0.296. The third-order valence-electron chi connectivity index (χ3n) is 1.27. The molecule has 0 aromatic carbocycles. The molecule has 2 nitrogen and oxygen atoms in total. The van der Waals surface area contributed by atoms with E-state index in [1.807, 2.05) is 11.8 Å². The highest BCUT2D eigenvalue weighted by Crippen LogP contribution is 2.06. The first-order chi connectivity index (χ1) is 5.41. The second-order valence-electron chi connectivity index (χ2n) is 2.30. The zero-order valence-electron chi connectivity index (χ0n) is 6.75. The number of nitrogens with zero attached hydrogens (tertiary/aromatic N) is 1. The second-order valence-corrected chi connectivity index (χ2v) is 3.53. The first kappa shape index (κ1) is 10.8. The molecule has 0 heterocycles. The lowest BCUT2D eigenvalue weighted by atomic mass is 10.3. The van der Waals surface area contributed by atoms with E-state index >= 15 is 0 Å². The minimum absolute atomic E-state index is 0.297. The number of hydrogen-bond donors (Lipinski definition) is 1. The molecule has 0 saturated heterocycles. The van der Waals surface area contributed by atoms with Crippen LogP contribution in [-0.4, -0.2) is 23.2 Å². The molecule has 0 atom stereocenters. The molecule has 0 spiro atoms. The molecule has 0 aromatic heterocycles. The molecule has 0 aliphatic rings. The molecule has 3 heteroatoms. The van der Waals surface area contributed by atoms with Gasteiger partial charge in [-0.25, -0.2) is 0 Å². The van der Waals surface area contributed by atoms with E-state index in [1.54, 1.807) is 0 Å². The van der Waals surface area contributed by atoms with Crippen molar-refractivity contribution in [3.8, 4) is 6.07 Å². The van der Waals surface area contributed by atoms with Crippen molar-refractivity contribution in [2.24, 2.45) is 0 Å². The zero-order valence-corrected chi connectivity index (χ0v) is 7.57. The van der Waals surface area contributed by atoms with Gasteiger partial charge >= 0.3 is 0 Å². The summed E-state index contributed by atoms with van der Waals surface area (Å²) in [5, 5.41) is 16.7. The van der Waals surface area contributed by atoms with E-state index in [1.165, 1.54) is 0 Å². The van der Waals surface area contributed by atoms with E-state index in [2.05, 4.69) is 6.07 Å². The summed E-state index contributed by atoms with van der Waals surface area (Å²) in [7, 11) is 0. The third kappa shape index (κ3) is 9.80. The summed E-state index contributed by atoms with van der Waals surface area (Å²) >= 11 is 1.86. The van der Waals surface area contributed by atoms with E-state index in [4.69, 9.17) is 10.4 Å². The smallest absolute Gasteiger partial charge is 0.0621 e. The molecule has 0 aliphatic heterocycles. The molecule has 0 aromatic rings. The van der Waals surface area contributed by atoms with Gasteiger partial charge in [0, 0.05) is 13.0 Å². The Hall–Kier alpha value is -0.200. The van der Waals surface area contributed by atoms with E-state index in [0.717, 1.165) is 30.8 Å². The molecule has 0 unspecified atom stereocenters. The van der Waals surface area contributed by atoms with Crippen LogP contribution in [0.2, 0.25) is 0 Å². The van der Waals surface area contributed by atoms with Gasteiger partial charge in [-0.15, -0.1) is 0 Å². The first-order valence-electron chi connectivity index (χ1n) is 3.97. The molecule has 0 aliphatic carbocycles. The van der Waals surface area contributed by atoms with Crippen LogP contribution in [0.3, 0.4) is 0 Å². The van der Waals surface area contributed by atoms with Gasteiger partial charge in [-0.3, -0.25) is 0 Å². The van der Waals surface area contributed by atoms with E-state index in [-0.39, 0.29) is 0 Å². The van der Waals surface area contributed by atoms with Crippen LogP contribution in [0.5, 0.6) is 0 Å². The minimum Gasteiger partial charge on any atom is -0.396 e. The third-order valence-corrected chi connectivity index (χ3v) is 2.43. The topological polar surface area (TPSA) is 44.0 Å². The Morgan fingerprint density at radius 1 is 1.18 bits per heavy atom. The quantitative estimate of drug-likeness (QED) is 0.597. The summed E-state index contributed by atoms with van der Waals surface area (Å²) in [5.41, 5.74) is 0. The fraction of sp³-hybridized carbons (Fsp3) is 0.875. The fourth-order valence-corrected chi connectivity index (χ4v) is 1.62. The maximum absolute atomic E-state index is 8.45. The number of aliphatic hydroxyl groups is 1. The minimum atomic E-state index is 0.297. The van der Waals surface area contributed by atoms with Gasteiger partial charge in [0.2, 0.25) is 0 Å². The molecule has 0 amide bonds. The number of nitriles is 1. The number of unbranched alkanes of at least 4 members (excludes halogenated alkanes) is 2. The summed E-state index contributed by atoms with van der Waals surface area (Å²) in [6.07, 6.45) is 3.72. The molecular formula is C8H15NOS. The molecule has 0 fully saturated rings. The monoisotopic (exact) mass is 173 g/mol. The second kappa shape index (κ2) is 9.80. The van der Waals surface area contributed by atoms with Gasteiger partial charge in [-0.1, -0.05) is 0 Å². The molecule has 64 valence electrons. The van der Waals surface area contributed by atoms with Crippen molar-refractivity contribution in [2.45, 2.75) is 25.7 Å². The molecule has 0 bridgehead atoms. The summed E-state index contributed by atoms with van der Waals surface area (Å²) in [4.78, 5) is 0. The van der Waals surface area contributed by atoms with Crippen LogP contribution in [0, 0.1) is 11.3 Å². The van der Waals surface area contributed by atoms with Crippen LogP contribution in [0.25, 0.3) is 0 Å². The number of aliphatic hydroxyl groups excluding tert-OH is 1. The highest BCUT2D eigenvalue weighted by atomic mass is 32.2. The molecule has 0 rings (SSSR count). The Morgan fingerprint density at radius 3 is 2.55 bits per heavy atom. The van der Waals surface area contributed by atoms with Crippen molar-refractivity contribution in [1.29, 1.82) is 5.26 Å². The summed E-state index contributed by atoms with van der Waals surface area (Å²) in [6.45, 7) is 0.297. The summed E-state index contributed by atoms with van der Waals surface area (Å²) < 4.78 is 0. The van der Waals surface area contributed by atoms with Crippen LogP contribution in [-0.2, 0) is 0 Å². The largest absolute Gasteiger partial charge is 0.396 e. The van der Waals surface area contributed by atoms with E-state index in [9.17, 15) is 0 Å². The normalized spacial score (nSPS) is 9.45. The Balaban J connectivity index is 2.75. The Morgan fingerprint density at radius 2 is 1.91 bits per heavy atom. The van der Waals surface area contributed by atoms with Gasteiger partial charge in [0.1, 0.15) is 0 Å². The lowest BCUT2D eigenvalue weighted by Gasteiger charge is -1.97. The average Bonchev–Trinajstić information content (AvgIpc) is 2.03. The predicted octanol–water partition coefficient (Wildman–Crippen LogP) is 1.80. The van der Waals surface area contributed by atoms with Crippen LogP contribution in [0.15, 0.2) is 0 Å². The lowest BCUT2D eigenvalue weighted by Crippen LogP contribution is -1.87. The summed E-state index contributed by atoms with van der Waals surface area (Å²) in [6, 6.07) is 2.12. The van der Waals surface area contributed by atoms with Crippen molar-refractivity contribution in [2.75, 3.05) is 18.1 Å². The fourth-order valence-electron chi connectivity index (χ4n) is 0.677. The summed E-state index contributed by atoms with van der Waals surface area (Å²) in [5.74, 6) is 2.17. The van der Waals surface area contributed by atoms with Crippen LogP contribution >= 0.6 is 11.8 Å². The van der Waals surface area contributed by atoms with Crippen LogP contribution in [0.4, 0.5) is 0 Å². The molecular weight excluding hydrogens is 158 g/mol. The average molecular weight is 173 g/mol. The number of rotatable bonds is 7. The SMILES string of the molecule is N#CCCCCSCCCO. The number of thioether (sulfide) groups is 1. The van der Waals surface area contributed by atoms with Gasteiger partial charge in [0.15, 0.2) is 0 Å². The molecule has 11 heavy (non-hydrogen) atoms. The van der Waals surface area contributed by atoms with Crippen LogP contribution < -0.4 is 0 Å². The zero-order chi connectivity index (χ0) is 8.36. The Labute approximate surface area is 72.6 Å². The Kier molecular flexibility index (Phi) is 9.62. The highest BCUT2D eigenvalue weighted by molar-refractivity contribution is 7.99. The van der Waals surface area contributed by atoms with Gasteiger partial charge in [0.25, 0.3) is 0 Å². The van der Waals surface area contributed by atoms with E-state index < -0.39 is 0 Å². The molecule has 0 saturated carbocycles. The van der Waals surface area contributed by atoms with Gasteiger partial charge in [0.05, 0.1) is 6.07 Å². The first-order valence-corrected chi connectivity index (χ1v) is 5.13. The molecule has 0 radical (unpaired) electrons. The van der Waals surface area contributed by atoms with Gasteiger partial charge in [-0.05, 0) is 30.8 Å². The maximum atomic E-state index is 8.45.